The van der Waals surface area contributed by atoms with Crippen molar-refractivity contribution in [1.82, 2.24) is 9.29 Å². The molecule has 1 rings (SSSR count). The average molecular weight is 372 g/mol. The first-order valence-corrected chi connectivity index (χ1v) is 7.70. The van der Waals surface area contributed by atoms with Gasteiger partial charge in [0.25, 0.3) is 0 Å². The monoisotopic (exact) mass is 370 g/mol. The van der Waals surface area contributed by atoms with Crippen LogP contribution in [0.2, 0.25) is 0 Å². The molecule has 0 saturated heterocycles. The SMILES string of the molecule is CC(Br)CN(C)S(=O)(=O)c1cncc(Br)c1. The van der Waals surface area contributed by atoms with Crippen LogP contribution in [-0.4, -0.2) is 36.1 Å². The van der Waals surface area contributed by atoms with Crippen molar-refractivity contribution in [2.24, 2.45) is 0 Å². The maximum absolute atomic E-state index is 12.1. The van der Waals surface area contributed by atoms with E-state index in [9.17, 15) is 8.42 Å². The summed E-state index contributed by atoms with van der Waals surface area (Å²) in [7, 11) is -1.90. The number of rotatable bonds is 4. The number of hydrogen-bond acceptors (Lipinski definition) is 3. The first-order chi connectivity index (χ1) is 7.34. The number of pyridine rings is 1. The molecule has 1 aromatic rings. The van der Waals surface area contributed by atoms with Crippen molar-refractivity contribution >= 4 is 41.9 Å². The van der Waals surface area contributed by atoms with E-state index in [1.165, 1.54) is 16.6 Å². The van der Waals surface area contributed by atoms with Gasteiger partial charge in [-0.1, -0.05) is 22.9 Å². The summed E-state index contributed by atoms with van der Waals surface area (Å²) in [6.07, 6.45) is 2.89. The Bertz CT molecular complexity index is 462. The van der Waals surface area contributed by atoms with Crippen LogP contribution in [0.5, 0.6) is 0 Å². The Kier molecular flexibility index (Phi) is 4.90. The van der Waals surface area contributed by atoms with Gasteiger partial charge in [0.2, 0.25) is 10.0 Å². The van der Waals surface area contributed by atoms with Crippen LogP contribution in [0.15, 0.2) is 27.8 Å². The van der Waals surface area contributed by atoms with Gasteiger partial charge >= 0.3 is 0 Å². The predicted molar refractivity (Wildman–Crippen MR) is 70.1 cm³/mol. The van der Waals surface area contributed by atoms with Gasteiger partial charge in [-0.15, -0.1) is 0 Å². The minimum atomic E-state index is -3.45. The van der Waals surface area contributed by atoms with Gasteiger partial charge in [-0.2, -0.15) is 4.31 Å². The number of alkyl halides is 1. The van der Waals surface area contributed by atoms with Gasteiger partial charge < -0.3 is 0 Å². The van der Waals surface area contributed by atoms with Crippen LogP contribution in [0.3, 0.4) is 0 Å². The molecule has 0 bridgehead atoms. The molecule has 90 valence electrons. The zero-order chi connectivity index (χ0) is 12.3. The summed E-state index contributed by atoms with van der Waals surface area (Å²) in [5.41, 5.74) is 0. The number of sulfonamides is 1. The fraction of sp³-hybridized carbons (Fsp3) is 0.444. The van der Waals surface area contributed by atoms with Gasteiger partial charge in [-0.05, 0) is 22.0 Å². The van der Waals surface area contributed by atoms with Crippen LogP contribution in [0.4, 0.5) is 0 Å². The third kappa shape index (κ3) is 3.51. The lowest BCUT2D eigenvalue weighted by molar-refractivity contribution is 0.473. The quantitative estimate of drug-likeness (QED) is 0.762. The van der Waals surface area contributed by atoms with E-state index in [0.29, 0.717) is 11.0 Å². The van der Waals surface area contributed by atoms with E-state index in [4.69, 9.17) is 0 Å². The summed E-state index contributed by atoms with van der Waals surface area (Å²) >= 11 is 6.52. The van der Waals surface area contributed by atoms with Crippen LogP contribution in [0.25, 0.3) is 0 Å². The van der Waals surface area contributed by atoms with E-state index in [1.807, 2.05) is 6.92 Å². The highest BCUT2D eigenvalue weighted by atomic mass is 79.9. The Labute approximate surface area is 112 Å². The molecule has 1 aromatic heterocycles. The molecule has 0 fully saturated rings. The second kappa shape index (κ2) is 5.57. The molecule has 0 spiro atoms. The van der Waals surface area contributed by atoms with E-state index in [0.717, 1.165) is 0 Å². The Morgan fingerprint density at radius 3 is 2.62 bits per heavy atom. The Balaban J connectivity index is 3.02. The normalized spacial score (nSPS) is 14.1. The zero-order valence-electron chi connectivity index (χ0n) is 8.89. The number of halogens is 2. The fourth-order valence-corrected chi connectivity index (χ4v) is 3.56. The molecule has 0 radical (unpaired) electrons. The summed E-state index contributed by atoms with van der Waals surface area (Å²) in [4.78, 5) is 4.14. The molecule has 7 heteroatoms. The molecular weight excluding hydrogens is 360 g/mol. The maximum Gasteiger partial charge on any atom is 0.244 e. The lowest BCUT2D eigenvalue weighted by Crippen LogP contribution is -2.31. The van der Waals surface area contributed by atoms with E-state index in [-0.39, 0.29) is 9.72 Å². The maximum atomic E-state index is 12.1. The second-order valence-electron chi connectivity index (χ2n) is 3.41. The second-order valence-corrected chi connectivity index (χ2v) is 7.93. The molecule has 0 aliphatic rings. The molecule has 1 heterocycles. The van der Waals surface area contributed by atoms with Gasteiger partial charge in [0.1, 0.15) is 4.90 Å². The highest BCUT2D eigenvalue weighted by molar-refractivity contribution is 9.10. The third-order valence-electron chi connectivity index (χ3n) is 1.90. The molecule has 1 atom stereocenters. The number of hydrogen-bond donors (Lipinski definition) is 0. The van der Waals surface area contributed by atoms with Crippen molar-refractivity contribution < 1.29 is 8.42 Å². The van der Waals surface area contributed by atoms with Gasteiger partial charge in [0.05, 0.1) is 0 Å². The van der Waals surface area contributed by atoms with E-state index in [2.05, 4.69) is 36.8 Å². The minimum absolute atomic E-state index is 0.104. The Morgan fingerprint density at radius 2 is 2.12 bits per heavy atom. The van der Waals surface area contributed by atoms with Crippen LogP contribution in [0, 0.1) is 0 Å². The Morgan fingerprint density at radius 1 is 1.50 bits per heavy atom. The molecule has 0 amide bonds. The lowest BCUT2D eigenvalue weighted by atomic mass is 10.5. The number of aromatic nitrogens is 1. The van der Waals surface area contributed by atoms with E-state index < -0.39 is 10.0 Å². The average Bonchev–Trinajstić information content (AvgIpc) is 2.16. The molecule has 0 saturated carbocycles. The summed E-state index contributed by atoms with van der Waals surface area (Å²) in [5, 5.41) is 0. The van der Waals surface area contributed by atoms with Crippen LogP contribution in [-0.2, 0) is 10.0 Å². The molecule has 0 aliphatic carbocycles. The van der Waals surface area contributed by atoms with Crippen molar-refractivity contribution in [2.75, 3.05) is 13.6 Å². The summed E-state index contributed by atoms with van der Waals surface area (Å²) in [6.45, 7) is 2.31. The highest BCUT2D eigenvalue weighted by Crippen LogP contribution is 2.18. The molecule has 0 aliphatic heterocycles. The first-order valence-electron chi connectivity index (χ1n) is 4.55. The highest BCUT2D eigenvalue weighted by Gasteiger charge is 2.22. The van der Waals surface area contributed by atoms with Gasteiger partial charge in [-0.3, -0.25) is 4.98 Å². The van der Waals surface area contributed by atoms with E-state index in [1.54, 1.807) is 13.2 Å². The van der Waals surface area contributed by atoms with Crippen molar-refractivity contribution in [1.29, 1.82) is 0 Å². The molecule has 1 unspecified atom stereocenters. The largest absolute Gasteiger partial charge is 0.262 e. The number of nitrogens with zero attached hydrogens (tertiary/aromatic N) is 2. The van der Waals surface area contributed by atoms with Gasteiger partial charge in [0, 0.05) is 35.3 Å². The summed E-state index contributed by atoms with van der Waals surface area (Å²) < 4.78 is 26.1. The van der Waals surface area contributed by atoms with E-state index >= 15 is 0 Å². The van der Waals surface area contributed by atoms with Gasteiger partial charge in [0.15, 0.2) is 0 Å². The predicted octanol–water partition coefficient (Wildman–Crippen LogP) is 2.25. The lowest BCUT2D eigenvalue weighted by Gasteiger charge is -2.18. The molecule has 0 N–H and O–H groups in total. The fourth-order valence-electron chi connectivity index (χ4n) is 1.17. The standard InChI is InChI=1S/C9H12Br2N2O2S/c1-7(10)6-13(2)16(14,15)9-3-8(11)4-12-5-9/h3-5,7H,6H2,1-2H3. The third-order valence-corrected chi connectivity index (χ3v) is 4.41. The van der Waals surface area contributed by atoms with Crippen LogP contribution >= 0.6 is 31.9 Å². The van der Waals surface area contributed by atoms with Gasteiger partial charge in [-0.25, -0.2) is 8.42 Å². The van der Waals surface area contributed by atoms with Crippen molar-refractivity contribution in [2.45, 2.75) is 16.6 Å². The topological polar surface area (TPSA) is 50.3 Å². The molecule has 4 nitrogen and oxygen atoms in total. The Hall–Kier alpha value is 0.0200. The van der Waals surface area contributed by atoms with Crippen LogP contribution < -0.4 is 0 Å². The summed E-state index contributed by atoms with van der Waals surface area (Å²) in [6, 6.07) is 1.54. The molecule has 16 heavy (non-hydrogen) atoms. The van der Waals surface area contributed by atoms with Crippen molar-refractivity contribution in [3.8, 4) is 0 Å². The first kappa shape index (κ1) is 14.1. The summed E-state index contributed by atoms with van der Waals surface area (Å²) in [5.74, 6) is 0. The zero-order valence-corrected chi connectivity index (χ0v) is 12.9. The van der Waals surface area contributed by atoms with Crippen LogP contribution in [0.1, 0.15) is 6.92 Å². The minimum Gasteiger partial charge on any atom is -0.262 e. The molecular formula is C9H12Br2N2O2S. The molecule has 0 aromatic carbocycles. The van der Waals surface area contributed by atoms with Crippen molar-refractivity contribution in [3.63, 3.8) is 0 Å². The van der Waals surface area contributed by atoms with Crippen molar-refractivity contribution in [3.05, 3.63) is 22.9 Å². The smallest absolute Gasteiger partial charge is 0.244 e.